The molecule has 0 bridgehead atoms. The molecule has 1 aromatic carbocycles. The summed E-state index contributed by atoms with van der Waals surface area (Å²) in [4.78, 5) is 24.3. The molecule has 1 saturated heterocycles. The molecule has 136 valence electrons. The molecule has 0 aliphatic carbocycles. The molecule has 4 amide bonds. The van der Waals surface area contributed by atoms with Crippen molar-refractivity contribution in [2.45, 2.75) is 25.3 Å². The van der Waals surface area contributed by atoms with E-state index in [-0.39, 0.29) is 5.84 Å². The normalized spacial score (nSPS) is 19.4. The number of carbonyl (C=O) groups is 2. The number of aryl methyl sites for hydroxylation is 1. The fourth-order valence-corrected chi connectivity index (χ4v) is 2.87. The van der Waals surface area contributed by atoms with Crippen molar-refractivity contribution in [1.29, 1.82) is 5.41 Å². The lowest BCUT2D eigenvalue weighted by Gasteiger charge is -2.24. The first kappa shape index (κ1) is 18.0. The topological polar surface area (TPSA) is 110 Å². The fraction of sp³-hybridized carbons (Fsp3) is 0.235. The molecule has 0 radical (unpaired) electrons. The Morgan fingerprint density at radius 2 is 2.08 bits per heavy atom. The van der Waals surface area contributed by atoms with Gasteiger partial charge in [-0.2, -0.15) is 5.01 Å². The van der Waals surface area contributed by atoms with Crippen molar-refractivity contribution in [3.63, 3.8) is 0 Å². The van der Waals surface area contributed by atoms with Gasteiger partial charge in [0, 0.05) is 16.6 Å². The molecule has 1 aliphatic heterocycles. The summed E-state index contributed by atoms with van der Waals surface area (Å²) in [6, 6.07) is 9.46. The van der Waals surface area contributed by atoms with Crippen LogP contribution in [0, 0.1) is 5.41 Å². The lowest BCUT2D eigenvalue weighted by Crippen LogP contribution is -2.49. The Labute approximate surface area is 158 Å². The first-order valence-corrected chi connectivity index (χ1v) is 8.73. The van der Waals surface area contributed by atoms with Crippen LogP contribution in [-0.2, 0) is 6.42 Å². The molecule has 3 rings (SSSR count). The molecular weight excluding hydrogens is 402 g/mol. The number of amides is 4. The number of carbonyl (C=O) groups excluding carboxylic acids is 2. The fourth-order valence-electron chi connectivity index (χ4n) is 2.61. The van der Waals surface area contributed by atoms with Gasteiger partial charge in [0.1, 0.15) is 5.76 Å². The smallest absolute Gasteiger partial charge is 0.342 e. The van der Waals surface area contributed by atoms with Gasteiger partial charge in [-0.1, -0.05) is 15.9 Å². The number of nitrogens with one attached hydrogen (secondary N) is 4. The van der Waals surface area contributed by atoms with Crippen LogP contribution in [0.3, 0.4) is 0 Å². The zero-order chi connectivity index (χ0) is 18.7. The maximum absolute atomic E-state index is 12.2. The summed E-state index contributed by atoms with van der Waals surface area (Å²) in [7, 11) is 0. The van der Waals surface area contributed by atoms with Gasteiger partial charge in [0.25, 0.3) is 0 Å². The standard InChI is InChI=1S/C17H18BrN5O3/c1-17(9-8-13-3-2-10-26-13)14(19)23(16(25)21-17)22-15(24)20-12-6-4-11(18)5-7-12/h2-7,10,19H,8-9H2,1H3,(H,21,25)(H2,20,22,24). The van der Waals surface area contributed by atoms with Crippen LogP contribution in [0.2, 0.25) is 0 Å². The Kier molecular flexibility index (Phi) is 4.99. The number of furan rings is 1. The Morgan fingerprint density at radius 3 is 2.73 bits per heavy atom. The van der Waals surface area contributed by atoms with Gasteiger partial charge in [-0.25, -0.2) is 15.0 Å². The van der Waals surface area contributed by atoms with Crippen LogP contribution in [0.25, 0.3) is 0 Å². The molecule has 0 spiro atoms. The van der Waals surface area contributed by atoms with Crippen molar-refractivity contribution in [3.05, 3.63) is 52.9 Å². The Balaban J connectivity index is 1.60. The predicted octanol–water partition coefficient (Wildman–Crippen LogP) is 3.47. The number of benzene rings is 1. The summed E-state index contributed by atoms with van der Waals surface area (Å²) in [6.45, 7) is 1.74. The van der Waals surface area contributed by atoms with E-state index in [0.717, 1.165) is 15.2 Å². The van der Waals surface area contributed by atoms with E-state index in [2.05, 4.69) is 32.0 Å². The van der Waals surface area contributed by atoms with Crippen molar-refractivity contribution < 1.29 is 14.0 Å². The first-order valence-electron chi connectivity index (χ1n) is 7.94. The van der Waals surface area contributed by atoms with Gasteiger partial charge in [0.2, 0.25) is 0 Å². The van der Waals surface area contributed by atoms with Gasteiger partial charge in [-0.15, -0.1) is 0 Å². The van der Waals surface area contributed by atoms with Gasteiger partial charge in [-0.05, 0) is 49.7 Å². The largest absolute Gasteiger partial charge is 0.469 e. The minimum atomic E-state index is -0.894. The molecule has 4 N–H and O–H groups in total. The number of rotatable bonds is 5. The van der Waals surface area contributed by atoms with Gasteiger partial charge in [0.15, 0.2) is 5.84 Å². The molecule has 1 fully saturated rings. The number of anilines is 1. The molecule has 1 aromatic heterocycles. The number of nitrogens with zero attached hydrogens (tertiary/aromatic N) is 1. The van der Waals surface area contributed by atoms with Gasteiger partial charge >= 0.3 is 12.1 Å². The van der Waals surface area contributed by atoms with E-state index in [1.54, 1.807) is 43.5 Å². The Bertz CT molecular complexity index is 821. The van der Waals surface area contributed by atoms with Crippen LogP contribution >= 0.6 is 15.9 Å². The number of amidine groups is 1. The van der Waals surface area contributed by atoms with Crippen LogP contribution in [0.15, 0.2) is 51.6 Å². The van der Waals surface area contributed by atoms with Gasteiger partial charge in [0.05, 0.1) is 11.8 Å². The zero-order valence-electron chi connectivity index (χ0n) is 14.0. The van der Waals surface area contributed by atoms with Crippen molar-refractivity contribution in [3.8, 4) is 0 Å². The maximum atomic E-state index is 12.2. The monoisotopic (exact) mass is 419 g/mol. The van der Waals surface area contributed by atoms with Crippen LogP contribution < -0.4 is 16.1 Å². The van der Waals surface area contributed by atoms with Crippen molar-refractivity contribution in [2.24, 2.45) is 0 Å². The third-order valence-corrected chi connectivity index (χ3v) is 4.63. The Hall–Kier alpha value is -2.81. The highest BCUT2D eigenvalue weighted by atomic mass is 79.9. The number of hydrazine groups is 1. The molecule has 2 aromatic rings. The van der Waals surface area contributed by atoms with Crippen LogP contribution in [0.5, 0.6) is 0 Å². The molecular formula is C17H18BrN5O3. The second-order valence-corrected chi connectivity index (χ2v) is 7.01. The van der Waals surface area contributed by atoms with Gasteiger partial charge < -0.3 is 15.1 Å². The van der Waals surface area contributed by atoms with Crippen LogP contribution in [0.4, 0.5) is 15.3 Å². The zero-order valence-corrected chi connectivity index (χ0v) is 15.6. The van der Waals surface area contributed by atoms with Crippen LogP contribution in [-0.4, -0.2) is 28.4 Å². The summed E-state index contributed by atoms with van der Waals surface area (Å²) in [6.07, 6.45) is 2.61. The number of hydrogen-bond donors (Lipinski definition) is 4. The molecule has 1 unspecified atom stereocenters. The van der Waals surface area contributed by atoms with Crippen molar-refractivity contribution in [1.82, 2.24) is 15.8 Å². The summed E-state index contributed by atoms with van der Waals surface area (Å²) >= 11 is 3.32. The average Bonchev–Trinajstić information content (AvgIpc) is 3.19. The van der Waals surface area contributed by atoms with E-state index in [9.17, 15) is 9.59 Å². The van der Waals surface area contributed by atoms with E-state index in [4.69, 9.17) is 9.83 Å². The average molecular weight is 420 g/mol. The second-order valence-electron chi connectivity index (χ2n) is 6.10. The minimum absolute atomic E-state index is 0.0278. The highest BCUT2D eigenvalue weighted by Crippen LogP contribution is 2.23. The number of hydrogen-bond acceptors (Lipinski definition) is 4. The molecule has 1 atom stereocenters. The first-order chi connectivity index (χ1) is 12.4. The summed E-state index contributed by atoms with van der Waals surface area (Å²) in [5, 5.41) is 14.6. The Morgan fingerprint density at radius 1 is 1.35 bits per heavy atom. The maximum Gasteiger partial charge on any atom is 0.342 e. The highest BCUT2D eigenvalue weighted by Gasteiger charge is 2.45. The minimum Gasteiger partial charge on any atom is -0.469 e. The van der Waals surface area contributed by atoms with Crippen molar-refractivity contribution >= 4 is 39.5 Å². The molecule has 2 heterocycles. The lowest BCUT2D eigenvalue weighted by molar-refractivity contribution is 0.207. The van der Waals surface area contributed by atoms with E-state index in [1.165, 1.54) is 0 Å². The molecule has 0 saturated carbocycles. The van der Waals surface area contributed by atoms with E-state index >= 15 is 0 Å². The highest BCUT2D eigenvalue weighted by molar-refractivity contribution is 9.10. The summed E-state index contributed by atoms with van der Waals surface area (Å²) in [5.74, 6) is 0.743. The van der Waals surface area contributed by atoms with Crippen LogP contribution in [0.1, 0.15) is 19.1 Å². The third-order valence-electron chi connectivity index (χ3n) is 4.10. The summed E-state index contributed by atoms with van der Waals surface area (Å²) < 4.78 is 6.17. The van der Waals surface area contributed by atoms with Gasteiger partial charge in [-0.3, -0.25) is 5.41 Å². The number of urea groups is 2. The van der Waals surface area contributed by atoms with E-state index in [1.807, 2.05) is 6.07 Å². The third kappa shape index (κ3) is 3.88. The lowest BCUT2D eigenvalue weighted by atomic mass is 9.95. The second kappa shape index (κ2) is 7.20. The quantitative estimate of drug-likeness (QED) is 0.595. The molecule has 8 nitrogen and oxygen atoms in total. The predicted molar refractivity (Wildman–Crippen MR) is 99.8 cm³/mol. The molecule has 1 aliphatic rings. The summed E-state index contributed by atoms with van der Waals surface area (Å²) in [5.41, 5.74) is 2.07. The van der Waals surface area contributed by atoms with E-state index in [0.29, 0.717) is 18.5 Å². The number of halogens is 1. The molecule has 9 heteroatoms. The van der Waals surface area contributed by atoms with E-state index < -0.39 is 17.6 Å². The molecule has 26 heavy (non-hydrogen) atoms. The van der Waals surface area contributed by atoms with Crippen molar-refractivity contribution in [2.75, 3.05) is 5.32 Å². The SMILES string of the molecule is CC1(CCc2ccco2)NC(=O)N(NC(=O)Nc2ccc(Br)cc2)C1=N.